The number of benzene rings is 1. The Bertz CT molecular complexity index is 1220. The molecule has 3 rings (SSSR count). The summed E-state index contributed by atoms with van der Waals surface area (Å²) in [7, 11) is 0. The summed E-state index contributed by atoms with van der Waals surface area (Å²) < 4.78 is 6.98. The van der Waals surface area contributed by atoms with Crippen molar-refractivity contribution in [2.45, 2.75) is 19.9 Å². The van der Waals surface area contributed by atoms with Gasteiger partial charge in [0.15, 0.2) is 0 Å². The van der Waals surface area contributed by atoms with Gasteiger partial charge in [0.25, 0.3) is 5.56 Å². The maximum atomic E-state index is 12.0. The number of halogens is 2. The first-order chi connectivity index (χ1) is 12.8. The molecule has 0 saturated carbocycles. The molecule has 10 nitrogen and oxygen atoms in total. The minimum absolute atomic E-state index is 0.0532. The molecule has 0 amide bonds. The van der Waals surface area contributed by atoms with Crippen LogP contribution in [0.5, 0.6) is 0 Å². The van der Waals surface area contributed by atoms with Crippen LogP contribution in [-0.2, 0) is 13.0 Å². The molecule has 27 heavy (non-hydrogen) atoms. The maximum Gasteiger partial charge on any atom is 0.437 e. The molecule has 0 aliphatic heterocycles. The molecule has 0 unspecified atom stereocenters. The first-order valence-electron chi connectivity index (χ1n) is 7.53. The van der Waals surface area contributed by atoms with Crippen molar-refractivity contribution in [2.24, 2.45) is 0 Å². The Morgan fingerprint density at radius 2 is 1.89 bits per heavy atom. The molecule has 138 valence electrons. The number of aromatic amines is 1. The van der Waals surface area contributed by atoms with Gasteiger partial charge in [-0.3, -0.25) is 9.78 Å². The number of nitrogens with zero attached hydrogens (tertiary/aromatic N) is 5. The summed E-state index contributed by atoms with van der Waals surface area (Å²) >= 11 is 12.5. The Morgan fingerprint density at radius 1 is 1.22 bits per heavy atom. The number of nitrogens with one attached hydrogen (secondary N) is 1. The molecule has 0 atom stereocenters. The third kappa shape index (κ3) is 3.55. The highest BCUT2D eigenvalue weighted by molar-refractivity contribution is 6.36. The second-order valence-electron chi connectivity index (χ2n) is 5.27. The van der Waals surface area contributed by atoms with E-state index in [2.05, 4.69) is 10.2 Å². The zero-order valence-corrected chi connectivity index (χ0v) is 15.2. The van der Waals surface area contributed by atoms with E-state index in [1.807, 2.05) is 4.98 Å². The van der Waals surface area contributed by atoms with Crippen molar-refractivity contribution in [3.05, 3.63) is 70.7 Å². The van der Waals surface area contributed by atoms with E-state index >= 15 is 0 Å². The largest absolute Gasteiger partial charge is 0.437 e. The van der Waals surface area contributed by atoms with E-state index in [1.165, 1.54) is 12.1 Å². The Hall–Kier alpha value is -3.16. The zero-order valence-electron chi connectivity index (χ0n) is 13.7. The Balaban J connectivity index is 2.05. The third-order valence-corrected chi connectivity index (χ3v) is 4.25. The standard InChI is InChI=1S/C15H10Cl2N6O4/c1-2-22-15(26)27-12(21-22)5-8-9(16)3-7(4-10(8)17)23-14(25)19-13(24)11(6-18)20-23/h3-4H,2,5H2,1H3,(H,19,24,25). The molecule has 3 aromatic rings. The predicted octanol–water partition coefficient (Wildman–Crippen LogP) is 0.860. The summed E-state index contributed by atoms with van der Waals surface area (Å²) in [5.41, 5.74) is -1.67. The van der Waals surface area contributed by atoms with Gasteiger partial charge in [0, 0.05) is 16.6 Å². The Labute approximate surface area is 160 Å². The lowest BCUT2D eigenvalue weighted by atomic mass is 10.1. The van der Waals surface area contributed by atoms with Gasteiger partial charge in [0.05, 0.1) is 12.1 Å². The summed E-state index contributed by atoms with van der Waals surface area (Å²) in [5, 5.41) is 16.9. The zero-order chi connectivity index (χ0) is 19.7. The molecule has 2 aromatic heterocycles. The van der Waals surface area contributed by atoms with Crippen LogP contribution in [0.1, 0.15) is 24.1 Å². The van der Waals surface area contributed by atoms with Crippen LogP contribution >= 0.6 is 23.2 Å². The highest BCUT2D eigenvalue weighted by atomic mass is 35.5. The molecule has 0 spiro atoms. The van der Waals surface area contributed by atoms with Gasteiger partial charge in [-0.05, 0) is 24.6 Å². The summed E-state index contributed by atoms with van der Waals surface area (Å²) in [4.78, 5) is 37.0. The minimum Gasteiger partial charge on any atom is -0.392 e. The van der Waals surface area contributed by atoms with Crippen molar-refractivity contribution >= 4 is 23.2 Å². The SMILES string of the molecule is CCn1nc(Cc2c(Cl)cc(-n3nc(C#N)c(=O)[nH]c3=O)cc2Cl)oc1=O. The third-order valence-electron chi connectivity index (χ3n) is 3.58. The summed E-state index contributed by atoms with van der Waals surface area (Å²) in [6, 6.07) is 4.35. The van der Waals surface area contributed by atoms with Gasteiger partial charge in [-0.2, -0.15) is 14.6 Å². The number of hydrogen-bond donors (Lipinski definition) is 1. The normalized spacial score (nSPS) is 10.7. The molecule has 1 aromatic carbocycles. The fraction of sp³-hybridized carbons (Fsp3) is 0.200. The molecule has 0 aliphatic rings. The van der Waals surface area contributed by atoms with Crippen molar-refractivity contribution in [1.82, 2.24) is 24.5 Å². The van der Waals surface area contributed by atoms with E-state index in [0.717, 1.165) is 9.36 Å². The monoisotopic (exact) mass is 408 g/mol. The molecular formula is C15H10Cl2N6O4. The number of aromatic nitrogens is 5. The van der Waals surface area contributed by atoms with Crippen LogP contribution in [0.25, 0.3) is 5.69 Å². The first-order valence-corrected chi connectivity index (χ1v) is 8.28. The van der Waals surface area contributed by atoms with Gasteiger partial charge >= 0.3 is 11.4 Å². The van der Waals surface area contributed by atoms with Crippen molar-refractivity contribution in [3.63, 3.8) is 0 Å². The molecule has 2 heterocycles. The second-order valence-corrected chi connectivity index (χ2v) is 6.09. The highest BCUT2D eigenvalue weighted by Gasteiger charge is 2.16. The lowest BCUT2D eigenvalue weighted by Gasteiger charge is -2.09. The average Bonchev–Trinajstić information content (AvgIpc) is 2.97. The van der Waals surface area contributed by atoms with Crippen LogP contribution < -0.4 is 17.0 Å². The van der Waals surface area contributed by atoms with Gasteiger partial charge in [-0.25, -0.2) is 9.59 Å². The maximum absolute atomic E-state index is 12.0. The van der Waals surface area contributed by atoms with Gasteiger partial charge in [-0.15, -0.1) is 10.2 Å². The van der Waals surface area contributed by atoms with E-state index in [0.29, 0.717) is 12.1 Å². The molecule has 0 radical (unpaired) electrons. The second kappa shape index (κ2) is 7.22. The van der Waals surface area contributed by atoms with E-state index in [1.54, 1.807) is 13.0 Å². The summed E-state index contributed by atoms with van der Waals surface area (Å²) in [5.74, 6) is -0.464. The number of rotatable bonds is 4. The minimum atomic E-state index is -0.894. The van der Waals surface area contributed by atoms with E-state index in [4.69, 9.17) is 32.9 Å². The van der Waals surface area contributed by atoms with Crippen LogP contribution in [0.3, 0.4) is 0 Å². The number of aryl methyl sites for hydroxylation is 1. The quantitative estimate of drug-likeness (QED) is 0.674. The smallest absolute Gasteiger partial charge is 0.392 e. The van der Waals surface area contributed by atoms with Crippen LogP contribution in [0.15, 0.2) is 30.9 Å². The van der Waals surface area contributed by atoms with Crippen LogP contribution in [0, 0.1) is 11.3 Å². The summed E-state index contributed by atoms with van der Waals surface area (Å²) in [6.07, 6.45) is 0.0532. The van der Waals surface area contributed by atoms with E-state index in [-0.39, 0.29) is 28.0 Å². The first kappa shape index (κ1) is 18.6. The Kier molecular flexibility index (Phi) is 4.98. The molecule has 12 heteroatoms. The fourth-order valence-corrected chi connectivity index (χ4v) is 2.91. The number of H-pyrrole nitrogens is 1. The van der Waals surface area contributed by atoms with Crippen molar-refractivity contribution in [1.29, 1.82) is 5.26 Å². The highest BCUT2D eigenvalue weighted by Crippen LogP contribution is 2.29. The molecule has 0 saturated heterocycles. The average molecular weight is 409 g/mol. The molecular weight excluding hydrogens is 399 g/mol. The van der Waals surface area contributed by atoms with Crippen LogP contribution in [0.4, 0.5) is 0 Å². The molecule has 0 bridgehead atoms. The van der Waals surface area contributed by atoms with Gasteiger partial charge in [-0.1, -0.05) is 23.2 Å². The van der Waals surface area contributed by atoms with Crippen LogP contribution in [-0.4, -0.2) is 24.5 Å². The molecule has 0 fully saturated rings. The number of hydrogen-bond acceptors (Lipinski definition) is 7. The number of nitriles is 1. The molecule has 0 aliphatic carbocycles. The van der Waals surface area contributed by atoms with Crippen molar-refractivity contribution in [3.8, 4) is 11.8 Å². The summed E-state index contributed by atoms with van der Waals surface area (Å²) in [6.45, 7) is 2.09. The van der Waals surface area contributed by atoms with Crippen molar-refractivity contribution in [2.75, 3.05) is 0 Å². The van der Waals surface area contributed by atoms with Crippen molar-refractivity contribution < 1.29 is 4.42 Å². The van der Waals surface area contributed by atoms with Gasteiger partial charge < -0.3 is 4.42 Å². The Morgan fingerprint density at radius 3 is 2.44 bits per heavy atom. The lowest BCUT2D eigenvalue weighted by Crippen LogP contribution is -2.33. The van der Waals surface area contributed by atoms with Gasteiger partial charge in [0.2, 0.25) is 11.6 Å². The molecule has 1 N–H and O–H groups in total. The van der Waals surface area contributed by atoms with Gasteiger partial charge in [0.1, 0.15) is 6.07 Å². The van der Waals surface area contributed by atoms with E-state index in [9.17, 15) is 14.4 Å². The lowest BCUT2D eigenvalue weighted by molar-refractivity contribution is 0.455. The fourth-order valence-electron chi connectivity index (χ4n) is 2.30. The van der Waals surface area contributed by atoms with E-state index < -0.39 is 22.7 Å². The topological polar surface area (TPSA) is 140 Å². The van der Waals surface area contributed by atoms with Crippen LogP contribution in [0.2, 0.25) is 10.0 Å². The predicted molar refractivity (Wildman–Crippen MR) is 94.4 cm³/mol.